The van der Waals surface area contributed by atoms with Crippen LogP contribution in [-0.4, -0.2) is 4.98 Å². The van der Waals surface area contributed by atoms with Crippen LogP contribution in [0.1, 0.15) is 11.1 Å². The summed E-state index contributed by atoms with van der Waals surface area (Å²) < 4.78 is 5.96. The smallest absolute Gasteiger partial charge is 0.153 e. The molecule has 3 aromatic rings. The Morgan fingerprint density at radius 3 is 2.81 bits per heavy atom. The van der Waals surface area contributed by atoms with Crippen LogP contribution in [0.15, 0.2) is 48.7 Å². The minimum absolute atomic E-state index is 0.496. The van der Waals surface area contributed by atoms with Gasteiger partial charge in [0.05, 0.1) is 5.56 Å². The Balaban J connectivity index is 2.16. The third kappa shape index (κ3) is 2.26. The van der Waals surface area contributed by atoms with E-state index in [0.717, 1.165) is 10.9 Å². The van der Waals surface area contributed by atoms with Gasteiger partial charge in [0.2, 0.25) is 0 Å². The molecule has 0 saturated heterocycles. The van der Waals surface area contributed by atoms with Crippen molar-refractivity contribution in [2.24, 2.45) is 0 Å². The van der Waals surface area contributed by atoms with Gasteiger partial charge in [-0.1, -0.05) is 12.1 Å². The fourth-order valence-corrected chi connectivity index (χ4v) is 2.24. The van der Waals surface area contributed by atoms with E-state index in [1.807, 2.05) is 31.2 Å². The number of pyridine rings is 1. The number of nitrogen functional groups attached to an aromatic ring is 1. The second kappa shape index (κ2) is 5.14. The number of aryl methyl sites for hydroxylation is 1. The summed E-state index contributed by atoms with van der Waals surface area (Å²) in [7, 11) is 0. The predicted octanol–water partition coefficient (Wildman–Crippen LogP) is 3.79. The lowest BCUT2D eigenvalue weighted by molar-refractivity contribution is 0.482. The van der Waals surface area contributed by atoms with E-state index in [2.05, 4.69) is 11.1 Å². The maximum atomic E-state index is 9.21. The number of fused-ring (bicyclic) bond motifs is 1. The highest BCUT2D eigenvalue weighted by atomic mass is 16.5. The van der Waals surface area contributed by atoms with E-state index in [9.17, 15) is 5.26 Å². The summed E-state index contributed by atoms with van der Waals surface area (Å²) >= 11 is 0. The van der Waals surface area contributed by atoms with Gasteiger partial charge < -0.3 is 10.5 Å². The average Bonchev–Trinajstić information content (AvgIpc) is 2.52. The monoisotopic (exact) mass is 275 g/mol. The van der Waals surface area contributed by atoms with Crippen LogP contribution in [-0.2, 0) is 0 Å². The Hall–Kier alpha value is -3.06. The number of nitriles is 1. The molecule has 0 amide bonds. The maximum Gasteiger partial charge on any atom is 0.153 e. The molecule has 0 aliphatic heterocycles. The number of hydrogen-bond donors (Lipinski definition) is 1. The zero-order valence-electron chi connectivity index (χ0n) is 11.5. The Kier molecular flexibility index (Phi) is 3.17. The molecule has 0 aliphatic rings. The van der Waals surface area contributed by atoms with Crippen molar-refractivity contribution in [2.45, 2.75) is 6.92 Å². The molecule has 4 nitrogen and oxygen atoms in total. The quantitative estimate of drug-likeness (QED) is 0.722. The maximum absolute atomic E-state index is 9.21. The topological polar surface area (TPSA) is 71.9 Å². The van der Waals surface area contributed by atoms with Crippen LogP contribution in [0.25, 0.3) is 10.9 Å². The van der Waals surface area contributed by atoms with E-state index in [0.29, 0.717) is 28.3 Å². The zero-order valence-corrected chi connectivity index (χ0v) is 11.5. The van der Waals surface area contributed by atoms with E-state index in [-0.39, 0.29) is 0 Å². The molecule has 0 spiro atoms. The van der Waals surface area contributed by atoms with Crippen LogP contribution >= 0.6 is 0 Å². The number of ether oxygens (including phenoxy) is 1. The lowest BCUT2D eigenvalue weighted by Gasteiger charge is -2.12. The number of benzene rings is 2. The van der Waals surface area contributed by atoms with Gasteiger partial charge in [-0.05, 0) is 42.8 Å². The summed E-state index contributed by atoms with van der Waals surface area (Å²) in [5, 5.41) is 10.0. The Morgan fingerprint density at radius 2 is 2.00 bits per heavy atom. The van der Waals surface area contributed by atoms with E-state index in [4.69, 9.17) is 10.5 Å². The summed E-state index contributed by atoms with van der Waals surface area (Å²) in [6.45, 7) is 1.91. The number of nitrogens with two attached hydrogens (primary N) is 1. The van der Waals surface area contributed by atoms with Crippen molar-refractivity contribution >= 4 is 16.6 Å². The van der Waals surface area contributed by atoms with Gasteiger partial charge in [-0.25, -0.2) is 0 Å². The normalized spacial score (nSPS) is 10.3. The van der Waals surface area contributed by atoms with Gasteiger partial charge in [0.15, 0.2) is 5.75 Å². The lowest BCUT2D eigenvalue weighted by atomic mass is 10.1. The molecule has 4 heteroatoms. The SMILES string of the molecule is Cc1cccc(C#N)c1Oc1ccc(N)c2cccnc12. The molecule has 1 aromatic heterocycles. The molecule has 0 unspecified atom stereocenters. The number of para-hydroxylation sites is 1. The number of hydrogen-bond acceptors (Lipinski definition) is 4. The Labute approximate surface area is 122 Å². The van der Waals surface area contributed by atoms with Gasteiger partial charge in [0.25, 0.3) is 0 Å². The summed E-state index contributed by atoms with van der Waals surface area (Å²) in [4.78, 5) is 4.34. The molecule has 0 bridgehead atoms. The van der Waals surface area contributed by atoms with Crippen molar-refractivity contribution in [1.29, 1.82) is 5.26 Å². The molecule has 102 valence electrons. The molecule has 3 rings (SSSR count). The molecule has 0 radical (unpaired) electrons. The second-order valence-corrected chi connectivity index (χ2v) is 4.72. The summed E-state index contributed by atoms with van der Waals surface area (Å²) in [6.07, 6.45) is 1.69. The Bertz CT molecular complexity index is 866. The van der Waals surface area contributed by atoms with Crippen LogP contribution in [0.2, 0.25) is 0 Å². The van der Waals surface area contributed by atoms with Crippen LogP contribution in [0.5, 0.6) is 11.5 Å². The summed E-state index contributed by atoms with van der Waals surface area (Å²) in [5.41, 5.74) is 8.68. The van der Waals surface area contributed by atoms with E-state index in [1.165, 1.54) is 0 Å². The van der Waals surface area contributed by atoms with Gasteiger partial charge in [-0.15, -0.1) is 0 Å². The van der Waals surface area contributed by atoms with Crippen LogP contribution in [0, 0.1) is 18.3 Å². The first-order valence-corrected chi connectivity index (χ1v) is 6.51. The van der Waals surface area contributed by atoms with Crippen molar-refractivity contribution in [1.82, 2.24) is 4.98 Å². The molecule has 0 fully saturated rings. The van der Waals surface area contributed by atoms with E-state index < -0.39 is 0 Å². The fraction of sp³-hybridized carbons (Fsp3) is 0.0588. The minimum atomic E-state index is 0.496. The molecule has 21 heavy (non-hydrogen) atoms. The molecular weight excluding hydrogens is 262 g/mol. The molecule has 2 aromatic carbocycles. The van der Waals surface area contributed by atoms with E-state index >= 15 is 0 Å². The Morgan fingerprint density at radius 1 is 1.14 bits per heavy atom. The van der Waals surface area contributed by atoms with Crippen LogP contribution < -0.4 is 10.5 Å². The molecule has 0 atom stereocenters. The highest BCUT2D eigenvalue weighted by molar-refractivity contribution is 5.94. The standard InChI is InChI=1S/C17H13N3O/c1-11-4-2-5-12(10-18)17(11)21-15-8-7-14(19)13-6-3-9-20-16(13)15/h2-9H,19H2,1H3. The fourth-order valence-electron chi connectivity index (χ4n) is 2.24. The van der Waals surface area contributed by atoms with Crippen molar-refractivity contribution in [3.8, 4) is 17.6 Å². The second-order valence-electron chi connectivity index (χ2n) is 4.72. The predicted molar refractivity (Wildman–Crippen MR) is 82.1 cm³/mol. The van der Waals surface area contributed by atoms with Gasteiger partial charge in [-0.2, -0.15) is 5.26 Å². The van der Waals surface area contributed by atoms with Gasteiger partial charge in [0.1, 0.15) is 17.3 Å². The number of nitrogens with zero attached hydrogens (tertiary/aromatic N) is 2. The number of anilines is 1. The number of aromatic nitrogens is 1. The molecular formula is C17H13N3O. The first kappa shape index (κ1) is 12.9. The van der Waals surface area contributed by atoms with Gasteiger partial charge >= 0.3 is 0 Å². The van der Waals surface area contributed by atoms with Crippen molar-refractivity contribution < 1.29 is 4.74 Å². The molecule has 0 saturated carbocycles. The van der Waals surface area contributed by atoms with E-state index in [1.54, 1.807) is 24.4 Å². The molecule has 0 aliphatic carbocycles. The molecule has 1 heterocycles. The summed E-state index contributed by atoms with van der Waals surface area (Å²) in [6, 6.07) is 14.9. The largest absolute Gasteiger partial charge is 0.453 e. The third-order valence-electron chi connectivity index (χ3n) is 3.31. The highest BCUT2D eigenvalue weighted by Crippen LogP contribution is 2.34. The van der Waals surface area contributed by atoms with Crippen LogP contribution in [0.4, 0.5) is 5.69 Å². The first-order valence-electron chi connectivity index (χ1n) is 6.51. The highest BCUT2D eigenvalue weighted by Gasteiger charge is 2.11. The first-order chi connectivity index (χ1) is 10.2. The van der Waals surface area contributed by atoms with Gasteiger partial charge in [0, 0.05) is 17.3 Å². The number of rotatable bonds is 2. The van der Waals surface area contributed by atoms with Crippen molar-refractivity contribution in [3.05, 3.63) is 59.8 Å². The summed E-state index contributed by atoms with van der Waals surface area (Å²) in [5.74, 6) is 1.14. The third-order valence-corrected chi connectivity index (χ3v) is 3.31. The lowest BCUT2D eigenvalue weighted by Crippen LogP contribution is -1.95. The average molecular weight is 275 g/mol. The molecule has 2 N–H and O–H groups in total. The van der Waals surface area contributed by atoms with Crippen molar-refractivity contribution in [3.63, 3.8) is 0 Å². The zero-order chi connectivity index (χ0) is 14.8. The van der Waals surface area contributed by atoms with Gasteiger partial charge in [-0.3, -0.25) is 4.98 Å². The minimum Gasteiger partial charge on any atom is -0.453 e. The van der Waals surface area contributed by atoms with Crippen LogP contribution in [0.3, 0.4) is 0 Å². The van der Waals surface area contributed by atoms with Crippen molar-refractivity contribution in [2.75, 3.05) is 5.73 Å².